The fraction of sp³-hybridized carbons (Fsp3) is 0.0515. The van der Waals surface area contributed by atoms with Crippen LogP contribution in [-0.2, 0) is 6.42 Å². The number of nitrogens with zero attached hydrogens (tertiary/aromatic N) is 1. The van der Waals surface area contributed by atoms with E-state index in [1.807, 2.05) is 0 Å². The Kier molecular flexibility index (Phi) is 13.8. The van der Waals surface area contributed by atoms with E-state index >= 15 is 0 Å². The first kappa shape index (κ1) is 57.3. The van der Waals surface area contributed by atoms with Crippen LogP contribution in [0.25, 0.3) is 177 Å². The minimum absolute atomic E-state index is 0.320. The van der Waals surface area contributed by atoms with Crippen LogP contribution in [0.3, 0.4) is 0 Å². The third-order valence-corrected chi connectivity index (χ3v) is 21.2. The predicted octanol–water partition coefficient (Wildman–Crippen LogP) is 26.6. The van der Waals surface area contributed by atoms with E-state index in [0.29, 0.717) is 5.92 Å². The maximum atomic E-state index is 2.57. The Balaban J connectivity index is 0.977. The topological polar surface area (TPSA) is 4.93 Å². The maximum Gasteiger partial charge on any atom is 0.0538 e. The second kappa shape index (κ2) is 23.6. The van der Waals surface area contributed by atoms with Crippen molar-refractivity contribution in [3.8, 4) is 94.7 Å². The molecule has 0 saturated carbocycles. The van der Waals surface area contributed by atoms with Crippen molar-refractivity contribution < 1.29 is 0 Å². The maximum absolute atomic E-state index is 2.57. The molecule has 0 saturated heterocycles. The summed E-state index contributed by atoms with van der Waals surface area (Å²) in [5.74, 6) is 0.320. The molecule has 1 unspecified atom stereocenters. The molecule has 2 aliphatic rings. The molecule has 19 rings (SSSR count). The summed E-state index contributed by atoms with van der Waals surface area (Å²) in [6, 6.07) is 121. The first-order valence-corrected chi connectivity index (χ1v) is 34.7. The van der Waals surface area contributed by atoms with E-state index in [1.165, 1.54) is 187 Å². The summed E-state index contributed by atoms with van der Waals surface area (Å²) in [5.41, 5.74) is 29.7. The van der Waals surface area contributed by atoms with Gasteiger partial charge < -0.3 is 4.57 Å². The highest BCUT2D eigenvalue weighted by molar-refractivity contribution is 6.46. The molecule has 0 radical (unpaired) electrons. The van der Waals surface area contributed by atoms with Gasteiger partial charge in [0.05, 0.1) is 5.52 Å². The molecule has 0 fully saturated rings. The van der Waals surface area contributed by atoms with Crippen molar-refractivity contribution in [3.05, 3.63) is 362 Å². The molecule has 0 N–H and O–H groups in total. The van der Waals surface area contributed by atoms with Gasteiger partial charge >= 0.3 is 0 Å². The van der Waals surface area contributed by atoms with Crippen LogP contribution < -0.4 is 0 Å². The first-order valence-electron chi connectivity index (χ1n) is 34.7. The van der Waals surface area contributed by atoms with Crippen LogP contribution >= 0.6 is 0 Å². The average molecular weight is 1250 g/mol. The predicted molar refractivity (Wildman–Crippen MR) is 419 cm³/mol. The van der Waals surface area contributed by atoms with E-state index in [2.05, 4.69) is 357 Å². The molecule has 1 heteroatoms. The van der Waals surface area contributed by atoms with Crippen LogP contribution in [0.4, 0.5) is 0 Å². The molecule has 16 aromatic carbocycles. The standard InChI is InChI=1S/C97H67N/c1-62-29-26-46-74(59-62)91-87(71-51-55-75(56-52-71)98-82-57-53-72(63-30-10-2-11-31-63)60-80(82)81-61-73(54-58-83(81)98)64-32-12-3-13-33-64)86(67-38-18-6-19-39-67)90(70-44-24-9-25-45-70)96-78-49-27-47-76-92(78)93-77(48-28-50-79(93)97(91)96)95-89(69-42-22-8-23-43-69)85(66-36-16-5-17-37-66)84(65-34-14-4-15-35-65)88(94(76)95)68-40-20-7-21-41-68/h2-53,55-57,60-62H,54,58-59H2,1H3. The van der Waals surface area contributed by atoms with E-state index in [0.717, 1.165) is 24.9 Å². The number of hydrogen-bond donors (Lipinski definition) is 0. The smallest absolute Gasteiger partial charge is 0.0538 e. The largest absolute Gasteiger partial charge is 0.313 e. The summed E-state index contributed by atoms with van der Waals surface area (Å²) in [6.45, 7) is 2.39. The number of aromatic nitrogens is 1. The van der Waals surface area contributed by atoms with E-state index in [1.54, 1.807) is 0 Å². The second-order valence-electron chi connectivity index (χ2n) is 26.8. The lowest BCUT2D eigenvalue weighted by molar-refractivity contribution is 0.749. The Morgan fingerprint density at radius 3 is 1.05 bits per heavy atom. The molecule has 1 atom stereocenters. The van der Waals surface area contributed by atoms with Crippen LogP contribution in [0.1, 0.15) is 42.1 Å². The zero-order valence-corrected chi connectivity index (χ0v) is 54.6. The van der Waals surface area contributed by atoms with Crippen molar-refractivity contribution >= 4 is 82.0 Å². The Hall–Kier alpha value is -12.2. The molecule has 17 aromatic rings. The van der Waals surface area contributed by atoms with Crippen LogP contribution in [0.2, 0.25) is 0 Å². The third kappa shape index (κ3) is 9.22. The summed E-state index contributed by atoms with van der Waals surface area (Å²) in [5, 5.41) is 13.9. The monoisotopic (exact) mass is 1250 g/mol. The van der Waals surface area contributed by atoms with Crippen molar-refractivity contribution in [2.24, 2.45) is 5.92 Å². The van der Waals surface area contributed by atoms with Gasteiger partial charge in [-0.25, -0.2) is 0 Å². The quantitative estimate of drug-likeness (QED) is 0.0898. The first-order chi connectivity index (χ1) is 48.6. The van der Waals surface area contributed by atoms with Gasteiger partial charge in [0, 0.05) is 22.3 Å². The summed E-state index contributed by atoms with van der Waals surface area (Å²) in [7, 11) is 0. The van der Waals surface area contributed by atoms with Gasteiger partial charge in [0.1, 0.15) is 0 Å². The van der Waals surface area contributed by atoms with Gasteiger partial charge in [-0.3, -0.25) is 0 Å². The molecular formula is C97H67N. The van der Waals surface area contributed by atoms with Crippen molar-refractivity contribution in [2.75, 3.05) is 0 Å². The van der Waals surface area contributed by atoms with Gasteiger partial charge in [0.25, 0.3) is 0 Å². The summed E-state index contributed by atoms with van der Waals surface area (Å²) < 4.78 is 2.57. The van der Waals surface area contributed by atoms with Gasteiger partial charge in [-0.2, -0.15) is 0 Å². The SMILES string of the molecule is CC1C=CC=C(c2c(-c3ccc(-n4c5c(c6cc(-c7ccccc7)ccc64)C=C(c4ccccc4)CC5)cc3)c(-c3ccccc3)c(-c3ccccc3)c3c4cccc5c6c(-c7ccccc7)c(-c7ccccc7)c(-c7ccccc7)c(-c7ccccc7)c6c6cccc(c23)c6c45)C1. The normalized spacial score (nSPS) is 13.8. The Morgan fingerprint density at radius 2 is 0.633 bits per heavy atom. The van der Waals surface area contributed by atoms with Gasteiger partial charge in [0.15, 0.2) is 0 Å². The van der Waals surface area contributed by atoms with Crippen molar-refractivity contribution in [1.82, 2.24) is 4.57 Å². The molecule has 1 nitrogen and oxygen atoms in total. The lowest BCUT2D eigenvalue weighted by Crippen LogP contribution is -2.06. The zero-order chi connectivity index (χ0) is 64.8. The minimum atomic E-state index is 0.320. The molecule has 0 aliphatic heterocycles. The lowest BCUT2D eigenvalue weighted by atomic mass is 9.72. The summed E-state index contributed by atoms with van der Waals surface area (Å²) >= 11 is 0. The van der Waals surface area contributed by atoms with Gasteiger partial charge in [0.2, 0.25) is 0 Å². The fourth-order valence-electron chi connectivity index (χ4n) is 17.1. The van der Waals surface area contributed by atoms with Crippen molar-refractivity contribution in [3.63, 3.8) is 0 Å². The Labute approximate surface area is 571 Å². The van der Waals surface area contributed by atoms with Crippen LogP contribution in [0.15, 0.2) is 340 Å². The van der Waals surface area contributed by atoms with Crippen LogP contribution in [-0.4, -0.2) is 4.57 Å². The fourth-order valence-corrected chi connectivity index (χ4v) is 17.1. The van der Waals surface area contributed by atoms with Gasteiger partial charge in [-0.05, 0) is 221 Å². The summed E-state index contributed by atoms with van der Waals surface area (Å²) in [6.07, 6.45) is 12.4. The van der Waals surface area contributed by atoms with Crippen molar-refractivity contribution in [2.45, 2.75) is 26.2 Å². The van der Waals surface area contributed by atoms with E-state index in [-0.39, 0.29) is 0 Å². The van der Waals surface area contributed by atoms with E-state index < -0.39 is 0 Å². The molecule has 1 heterocycles. The van der Waals surface area contributed by atoms with E-state index in [4.69, 9.17) is 0 Å². The Morgan fingerprint density at radius 1 is 0.276 bits per heavy atom. The highest BCUT2D eigenvalue weighted by atomic mass is 15.0. The molecule has 0 bridgehead atoms. The van der Waals surface area contributed by atoms with Crippen molar-refractivity contribution in [1.29, 1.82) is 0 Å². The van der Waals surface area contributed by atoms with E-state index in [9.17, 15) is 0 Å². The molecule has 0 spiro atoms. The zero-order valence-electron chi connectivity index (χ0n) is 54.6. The third-order valence-electron chi connectivity index (χ3n) is 21.2. The number of allylic oxidation sites excluding steroid dienone is 5. The van der Waals surface area contributed by atoms with Crippen LogP contribution in [0.5, 0.6) is 0 Å². The molecule has 2 aliphatic carbocycles. The summed E-state index contributed by atoms with van der Waals surface area (Å²) in [4.78, 5) is 0. The highest BCUT2D eigenvalue weighted by Crippen LogP contribution is 2.60. The molecular weight excluding hydrogens is 1180 g/mol. The molecule has 98 heavy (non-hydrogen) atoms. The molecule has 1 aromatic heterocycles. The number of benzene rings is 16. The van der Waals surface area contributed by atoms with Crippen LogP contribution in [0, 0.1) is 5.92 Å². The molecule has 0 amide bonds. The second-order valence-corrected chi connectivity index (χ2v) is 26.8. The number of fused-ring (bicyclic) bond motifs is 9. The highest BCUT2D eigenvalue weighted by Gasteiger charge is 2.33. The van der Waals surface area contributed by atoms with Gasteiger partial charge in [-0.15, -0.1) is 0 Å². The number of hydrogen-bond acceptors (Lipinski definition) is 0. The Bertz CT molecular complexity index is 6040. The number of rotatable bonds is 11. The van der Waals surface area contributed by atoms with Gasteiger partial charge in [-0.1, -0.05) is 322 Å². The lowest BCUT2D eigenvalue weighted by Gasteiger charge is -2.30. The molecule has 460 valence electrons. The minimum Gasteiger partial charge on any atom is -0.313 e. The average Bonchev–Trinajstić information content (AvgIpc) is 0.847.